The van der Waals surface area contributed by atoms with Crippen molar-refractivity contribution in [1.82, 2.24) is 15.0 Å². The molecule has 23 heavy (non-hydrogen) atoms. The molecule has 3 fully saturated rings. The van der Waals surface area contributed by atoms with Gasteiger partial charge in [-0.25, -0.2) is 0 Å². The molecular formula is C16H23N3O4. The number of aliphatic hydroxyl groups excluding tert-OH is 1. The topological polar surface area (TPSA) is 88.7 Å². The largest absolute Gasteiger partial charge is 0.393 e. The molecule has 1 N–H and O–H groups in total. The Balaban J connectivity index is 1.33. The quantitative estimate of drug-likeness (QED) is 0.885. The zero-order chi connectivity index (χ0) is 16.0. The van der Waals surface area contributed by atoms with Crippen molar-refractivity contribution in [2.45, 2.75) is 63.3 Å². The van der Waals surface area contributed by atoms with Gasteiger partial charge in [-0.3, -0.25) is 4.79 Å². The van der Waals surface area contributed by atoms with Crippen molar-refractivity contribution in [3.63, 3.8) is 0 Å². The molecule has 3 aliphatic rings. The Bertz CT molecular complexity index is 588. The second-order valence-electron chi connectivity index (χ2n) is 7.16. The fraction of sp³-hybridized carbons (Fsp3) is 0.812. The number of amides is 1. The molecule has 1 unspecified atom stereocenters. The number of hydrogen-bond acceptors (Lipinski definition) is 6. The van der Waals surface area contributed by atoms with Gasteiger partial charge in [0.15, 0.2) is 5.82 Å². The number of carbonyl (C=O) groups is 1. The molecule has 1 atom stereocenters. The van der Waals surface area contributed by atoms with Crippen LogP contribution in [-0.2, 0) is 9.53 Å². The SMILES string of the molecule is Cc1noc(C2CCC3(CCN(C(=O)C4CC(O)C4)CC3)O2)n1. The van der Waals surface area contributed by atoms with Crippen LogP contribution in [0.25, 0.3) is 0 Å². The van der Waals surface area contributed by atoms with Crippen LogP contribution in [0.2, 0.25) is 0 Å². The monoisotopic (exact) mass is 321 g/mol. The average Bonchev–Trinajstić information content (AvgIpc) is 3.11. The van der Waals surface area contributed by atoms with E-state index in [2.05, 4.69) is 10.1 Å². The summed E-state index contributed by atoms with van der Waals surface area (Å²) in [6, 6.07) is 0. The predicted octanol–water partition coefficient (Wildman–Crippen LogP) is 1.36. The van der Waals surface area contributed by atoms with Crippen LogP contribution < -0.4 is 0 Å². The maximum absolute atomic E-state index is 12.4. The van der Waals surface area contributed by atoms with Crippen LogP contribution in [-0.4, -0.2) is 50.8 Å². The molecule has 4 rings (SSSR count). The van der Waals surface area contributed by atoms with Gasteiger partial charge in [0.25, 0.3) is 5.89 Å². The highest BCUT2D eigenvalue weighted by Gasteiger charge is 2.46. The number of likely N-dealkylation sites (tertiary alicyclic amines) is 1. The Morgan fingerprint density at radius 1 is 1.30 bits per heavy atom. The second-order valence-corrected chi connectivity index (χ2v) is 7.16. The minimum absolute atomic E-state index is 0.0256. The van der Waals surface area contributed by atoms with Crippen molar-refractivity contribution < 1.29 is 19.2 Å². The van der Waals surface area contributed by atoms with Crippen LogP contribution >= 0.6 is 0 Å². The first kappa shape index (κ1) is 15.1. The smallest absolute Gasteiger partial charge is 0.255 e. The van der Waals surface area contributed by atoms with Crippen molar-refractivity contribution in [3.8, 4) is 0 Å². The Morgan fingerprint density at radius 2 is 2.04 bits per heavy atom. The lowest BCUT2D eigenvalue weighted by Crippen LogP contribution is -2.50. The summed E-state index contributed by atoms with van der Waals surface area (Å²) in [5, 5.41) is 13.2. The van der Waals surface area contributed by atoms with E-state index in [0.717, 1.165) is 38.8 Å². The third-order valence-corrected chi connectivity index (χ3v) is 5.52. The van der Waals surface area contributed by atoms with E-state index in [1.807, 2.05) is 4.90 Å². The third-order valence-electron chi connectivity index (χ3n) is 5.52. The van der Waals surface area contributed by atoms with E-state index in [1.165, 1.54) is 0 Å². The van der Waals surface area contributed by atoms with Crippen LogP contribution in [0, 0.1) is 12.8 Å². The van der Waals surface area contributed by atoms with E-state index in [9.17, 15) is 9.90 Å². The number of carbonyl (C=O) groups excluding carboxylic acids is 1. The van der Waals surface area contributed by atoms with Gasteiger partial charge >= 0.3 is 0 Å². The normalized spacial score (nSPS) is 33.0. The summed E-state index contributed by atoms with van der Waals surface area (Å²) in [5.41, 5.74) is -0.150. The molecule has 2 aliphatic heterocycles. The molecule has 0 bridgehead atoms. The average molecular weight is 321 g/mol. The summed E-state index contributed by atoms with van der Waals surface area (Å²) in [6.07, 6.45) is 4.44. The maximum Gasteiger partial charge on any atom is 0.255 e. The van der Waals surface area contributed by atoms with Crippen LogP contribution in [0.4, 0.5) is 0 Å². The first-order valence-electron chi connectivity index (χ1n) is 8.49. The molecule has 1 aromatic rings. The van der Waals surface area contributed by atoms with Gasteiger partial charge in [0.1, 0.15) is 6.10 Å². The molecule has 3 heterocycles. The van der Waals surface area contributed by atoms with Gasteiger partial charge in [0.05, 0.1) is 11.7 Å². The lowest BCUT2D eigenvalue weighted by molar-refractivity contribution is -0.148. The van der Waals surface area contributed by atoms with E-state index >= 15 is 0 Å². The van der Waals surface area contributed by atoms with E-state index in [1.54, 1.807) is 6.92 Å². The highest BCUT2D eigenvalue weighted by Crippen LogP contribution is 2.45. The molecule has 1 amide bonds. The van der Waals surface area contributed by atoms with E-state index in [0.29, 0.717) is 24.6 Å². The third kappa shape index (κ3) is 2.76. The summed E-state index contributed by atoms with van der Waals surface area (Å²) in [6.45, 7) is 3.28. The molecule has 0 radical (unpaired) electrons. The number of piperidine rings is 1. The highest BCUT2D eigenvalue weighted by molar-refractivity contribution is 5.80. The van der Waals surface area contributed by atoms with Gasteiger partial charge < -0.3 is 19.3 Å². The number of aliphatic hydroxyl groups is 1. The Hall–Kier alpha value is -1.47. The minimum atomic E-state index is -0.281. The van der Waals surface area contributed by atoms with Crippen molar-refractivity contribution in [2.24, 2.45) is 5.92 Å². The summed E-state index contributed by atoms with van der Waals surface area (Å²) in [4.78, 5) is 18.6. The molecule has 0 aromatic carbocycles. The summed E-state index contributed by atoms with van der Waals surface area (Å²) < 4.78 is 11.5. The molecular weight excluding hydrogens is 298 g/mol. The fourth-order valence-corrected chi connectivity index (χ4v) is 3.98. The van der Waals surface area contributed by atoms with Gasteiger partial charge in [-0.1, -0.05) is 5.16 Å². The van der Waals surface area contributed by atoms with Crippen LogP contribution in [0.3, 0.4) is 0 Å². The lowest BCUT2D eigenvalue weighted by Gasteiger charge is -2.42. The predicted molar refractivity (Wildman–Crippen MR) is 79.4 cm³/mol. The Kier molecular flexibility index (Phi) is 3.65. The fourth-order valence-electron chi connectivity index (χ4n) is 3.98. The van der Waals surface area contributed by atoms with Crippen molar-refractivity contribution >= 4 is 5.91 Å². The van der Waals surface area contributed by atoms with Gasteiger partial charge in [-0.15, -0.1) is 0 Å². The van der Waals surface area contributed by atoms with Gasteiger partial charge in [0, 0.05) is 19.0 Å². The highest BCUT2D eigenvalue weighted by atomic mass is 16.5. The number of aryl methyl sites for hydroxylation is 1. The van der Waals surface area contributed by atoms with Crippen LogP contribution in [0.1, 0.15) is 56.3 Å². The zero-order valence-electron chi connectivity index (χ0n) is 13.4. The molecule has 1 spiro atoms. The number of hydrogen-bond donors (Lipinski definition) is 1. The minimum Gasteiger partial charge on any atom is -0.393 e. The molecule has 126 valence electrons. The molecule has 1 saturated carbocycles. The number of nitrogens with zero attached hydrogens (tertiary/aromatic N) is 3. The maximum atomic E-state index is 12.4. The van der Waals surface area contributed by atoms with Crippen molar-refractivity contribution in [2.75, 3.05) is 13.1 Å². The van der Waals surface area contributed by atoms with Crippen LogP contribution in [0.5, 0.6) is 0 Å². The van der Waals surface area contributed by atoms with Gasteiger partial charge in [-0.05, 0) is 45.4 Å². The number of aromatic nitrogens is 2. The van der Waals surface area contributed by atoms with Gasteiger partial charge in [-0.2, -0.15) is 4.98 Å². The van der Waals surface area contributed by atoms with Gasteiger partial charge in [0.2, 0.25) is 5.91 Å². The standard InChI is InChI=1S/C16H23N3O4/c1-10-17-14(23-18-10)13-2-3-16(22-13)4-6-19(7-5-16)15(21)11-8-12(20)9-11/h11-13,20H,2-9H2,1H3. The molecule has 1 aliphatic carbocycles. The lowest BCUT2D eigenvalue weighted by atomic mass is 9.80. The second kappa shape index (κ2) is 5.56. The summed E-state index contributed by atoms with van der Waals surface area (Å²) in [5.74, 6) is 1.43. The van der Waals surface area contributed by atoms with E-state index in [4.69, 9.17) is 9.26 Å². The first-order valence-corrected chi connectivity index (χ1v) is 8.49. The summed E-state index contributed by atoms with van der Waals surface area (Å²) >= 11 is 0. The zero-order valence-corrected chi connectivity index (χ0v) is 13.4. The Labute approximate surface area is 135 Å². The van der Waals surface area contributed by atoms with E-state index < -0.39 is 0 Å². The first-order chi connectivity index (χ1) is 11.0. The van der Waals surface area contributed by atoms with Crippen molar-refractivity contribution in [1.29, 1.82) is 0 Å². The molecule has 7 nitrogen and oxygen atoms in total. The number of ether oxygens (including phenoxy) is 1. The van der Waals surface area contributed by atoms with Crippen LogP contribution in [0.15, 0.2) is 4.52 Å². The number of rotatable bonds is 2. The molecule has 2 saturated heterocycles. The molecule has 7 heteroatoms. The summed E-state index contributed by atoms with van der Waals surface area (Å²) in [7, 11) is 0. The Morgan fingerprint density at radius 3 is 2.65 bits per heavy atom. The molecule has 1 aromatic heterocycles. The van der Waals surface area contributed by atoms with Crippen molar-refractivity contribution in [3.05, 3.63) is 11.7 Å². The van der Waals surface area contributed by atoms with E-state index in [-0.39, 0.29) is 29.6 Å².